The molecule has 0 heterocycles. The second-order valence-electron chi connectivity index (χ2n) is 1.73. The third-order valence-electron chi connectivity index (χ3n) is 0. The molecular formula is H16B5K2O15. The zero-order chi connectivity index (χ0) is 17.9. The second-order valence-corrected chi connectivity index (χ2v) is 1.73. The Labute approximate surface area is 211 Å². The van der Waals surface area contributed by atoms with Gasteiger partial charge in [0.15, 0.2) is 0 Å². The van der Waals surface area contributed by atoms with Crippen molar-refractivity contribution >= 4 is 139 Å². The number of hydrogen-bond donors (Lipinski definition) is 15. The van der Waals surface area contributed by atoms with E-state index in [4.69, 9.17) is 75.4 Å². The fourth-order valence-corrected chi connectivity index (χ4v) is 0. The van der Waals surface area contributed by atoms with E-state index in [2.05, 4.69) is 0 Å². The van der Waals surface area contributed by atoms with Gasteiger partial charge in [0.05, 0.1) is 0 Å². The Balaban J connectivity index is -0.0000000250. The van der Waals surface area contributed by atoms with Gasteiger partial charge in [0.1, 0.15) is 0 Å². The molecule has 0 aromatic carbocycles. The van der Waals surface area contributed by atoms with Crippen LogP contribution in [0.4, 0.5) is 0 Å². The van der Waals surface area contributed by atoms with Crippen molar-refractivity contribution in [2.45, 2.75) is 0 Å². The van der Waals surface area contributed by atoms with E-state index in [9.17, 15) is 0 Å². The molecule has 22 heteroatoms. The smallest absolute Gasteiger partial charge is 0 e. The van der Waals surface area contributed by atoms with Crippen LogP contribution in [0.15, 0.2) is 0 Å². The molecule has 0 bridgehead atoms. The van der Waals surface area contributed by atoms with Gasteiger partial charge in [-0.2, -0.15) is 0 Å². The molecule has 0 rings (SSSR count). The van der Waals surface area contributed by atoms with Gasteiger partial charge in [-0.05, 0) is 0 Å². The van der Waals surface area contributed by atoms with Crippen LogP contribution in [0, 0.1) is 0 Å². The molecule has 0 aliphatic carbocycles. The summed E-state index contributed by atoms with van der Waals surface area (Å²) in [5, 5.41) is 108. The molecule has 0 fully saturated rings. The van der Waals surface area contributed by atoms with E-state index in [1.807, 2.05) is 0 Å². The van der Waals surface area contributed by atoms with Gasteiger partial charge in [0, 0.05) is 51.4 Å². The zero-order valence-electron chi connectivity index (χ0n) is 10.6. The van der Waals surface area contributed by atoms with Crippen LogP contribution >= 0.6 is 0 Å². The molecule has 0 saturated heterocycles. The molecule has 0 unspecified atom stereocenters. The minimum absolute atomic E-state index is 0. The number of hydrogen-bond acceptors (Lipinski definition) is 15. The summed E-state index contributed by atoms with van der Waals surface area (Å²) < 4.78 is 0. The quantitative estimate of drug-likeness (QED) is 0.171. The first kappa shape index (κ1) is 44.4. The third-order valence-corrected chi connectivity index (χ3v) is 0. The Morgan fingerprint density at radius 3 is 0.273 bits per heavy atom. The van der Waals surface area contributed by atoms with Gasteiger partial charge >= 0.3 is 88.0 Å². The van der Waals surface area contributed by atoms with E-state index in [1.165, 1.54) is 0 Å². The van der Waals surface area contributed by atoms with Crippen LogP contribution in [0.2, 0.25) is 0 Å². The molecule has 0 aromatic rings. The summed E-state index contributed by atoms with van der Waals surface area (Å²) in [5.41, 5.74) is 0. The summed E-state index contributed by atoms with van der Waals surface area (Å²) in [7, 11) is -10.8. The SMILES string of the molecule is OB(O)O.OB(O)O.OB(O)O.OB(O)O.OB(O)O.[KH].[K]. The number of rotatable bonds is 0. The maximum absolute atomic E-state index is 7.17. The summed E-state index contributed by atoms with van der Waals surface area (Å²) in [4.78, 5) is 0. The molecule has 0 amide bonds. The van der Waals surface area contributed by atoms with Gasteiger partial charge in [-0.3, -0.25) is 0 Å². The van der Waals surface area contributed by atoms with Crippen molar-refractivity contribution in [2.75, 3.05) is 0 Å². The van der Waals surface area contributed by atoms with Crippen molar-refractivity contribution < 1.29 is 75.4 Å². The maximum Gasteiger partial charge on any atom is 0 e. The van der Waals surface area contributed by atoms with Gasteiger partial charge in [-0.15, -0.1) is 0 Å². The first-order valence-electron chi connectivity index (χ1n) is 3.87. The van der Waals surface area contributed by atoms with Gasteiger partial charge in [0.2, 0.25) is 0 Å². The van der Waals surface area contributed by atoms with Crippen LogP contribution in [0.1, 0.15) is 0 Å². The predicted molar refractivity (Wildman–Crippen MR) is 75.0 cm³/mol. The van der Waals surface area contributed by atoms with E-state index in [-0.39, 0.29) is 103 Å². The van der Waals surface area contributed by atoms with Crippen molar-refractivity contribution in [2.24, 2.45) is 0 Å². The van der Waals surface area contributed by atoms with Gasteiger partial charge < -0.3 is 75.4 Å². The summed E-state index contributed by atoms with van der Waals surface area (Å²) in [6, 6.07) is 0. The van der Waals surface area contributed by atoms with Gasteiger partial charge in [-0.1, -0.05) is 0 Å². The molecule has 15 nitrogen and oxygen atoms in total. The molecule has 123 valence electrons. The average Bonchev–Trinajstić information content (AvgIpc) is 1.94. The first-order chi connectivity index (χ1) is 8.66. The van der Waals surface area contributed by atoms with Crippen LogP contribution in [-0.2, 0) is 0 Å². The van der Waals surface area contributed by atoms with Crippen molar-refractivity contribution in [1.82, 2.24) is 0 Å². The average molecular weight is 388 g/mol. The molecule has 0 aliphatic rings. The van der Waals surface area contributed by atoms with Crippen LogP contribution in [0.3, 0.4) is 0 Å². The standard InChI is InChI=1S/5BH3O3.2K.H/c5*2-1(3)4;;;/h5*2-4H;;;. The summed E-state index contributed by atoms with van der Waals surface area (Å²) >= 11 is 0. The molecule has 22 heavy (non-hydrogen) atoms. The molecule has 15 N–H and O–H groups in total. The monoisotopic (exact) mass is 389 g/mol. The van der Waals surface area contributed by atoms with Gasteiger partial charge in [-0.25, -0.2) is 0 Å². The Hall–Kier alpha value is 3.00. The van der Waals surface area contributed by atoms with Crippen molar-refractivity contribution in [3.05, 3.63) is 0 Å². The Kier molecular flexibility index (Phi) is 79.2. The predicted octanol–water partition coefficient (Wildman–Crippen LogP) is -11.3. The fraction of sp³-hybridized carbons (Fsp3) is 0. The maximum atomic E-state index is 7.17. The minimum atomic E-state index is -2.17. The molecule has 0 atom stereocenters. The molecular weight excluding hydrogens is 372 g/mol. The van der Waals surface area contributed by atoms with Crippen LogP contribution in [0.5, 0.6) is 0 Å². The van der Waals surface area contributed by atoms with E-state index < -0.39 is 36.6 Å². The van der Waals surface area contributed by atoms with E-state index in [0.29, 0.717) is 0 Å². The normalized spacial score (nSPS) is 6.14. The second kappa shape index (κ2) is 39.2. The van der Waals surface area contributed by atoms with Crippen LogP contribution in [-0.4, -0.2) is 215 Å². The molecule has 0 aliphatic heterocycles. The zero-order valence-corrected chi connectivity index (χ0v) is 13.7. The van der Waals surface area contributed by atoms with Crippen molar-refractivity contribution in [1.29, 1.82) is 0 Å². The first-order valence-corrected chi connectivity index (χ1v) is 3.87. The summed E-state index contributed by atoms with van der Waals surface area (Å²) in [5.74, 6) is 0. The Morgan fingerprint density at radius 2 is 0.273 bits per heavy atom. The molecule has 0 saturated carbocycles. The summed E-state index contributed by atoms with van der Waals surface area (Å²) in [6.45, 7) is 0. The van der Waals surface area contributed by atoms with Gasteiger partial charge in [0.25, 0.3) is 0 Å². The minimum Gasteiger partial charge on any atom is 0 e. The van der Waals surface area contributed by atoms with E-state index in [1.54, 1.807) is 0 Å². The molecule has 0 aromatic heterocycles. The Morgan fingerprint density at radius 1 is 0.273 bits per heavy atom. The molecule has 1 radical (unpaired) electrons. The van der Waals surface area contributed by atoms with Crippen molar-refractivity contribution in [3.63, 3.8) is 0 Å². The fourth-order valence-electron chi connectivity index (χ4n) is 0. The van der Waals surface area contributed by atoms with Crippen molar-refractivity contribution in [3.8, 4) is 0 Å². The van der Waals surface area contributed by atoms with E-state index >= 15 is 0 Å². The summed E-state index contributed by atoms with van der Waals surface area (Å²) in [6.07, 6.45) is 0. The third kappa shape index (κ3) is 1240. The topological polar surface area (TPSA) is 303 Å². The van der Waals surface area contributed by atoms with Crippen LogP contribution < -0.4 is 0 Å². The van der Waals surface area contributed by atoms with Crippen LogP contribution in [0.25, 0.3) is 0 Å². The largest absolute Gasteiger partial charge is 0 e. The Bertz CT molecular complexity index is 84.5. The van der Waals surface area contributed by atoms with E-state index in [0.717, 1.165) is 0 Å². The molecule has 0 spiro atoms.